The first-order chi connectivity index (χ1) is 11.9. The van der Waals surface area contributed by atoms with Crippen LogP contribution in [0, 0.1) is 19.8 Å². The fraction of sp³-hybridized carbons (Fsp3) is 0.263. The number of benzene rings is 2. The summed E-state index contributed by atoms with van der Waals surface area (Å²) in [5, 5.41) is 3.67. The summed E-state index contributed by atoms with van der Waals surface area (Å²) in [4.78, 5) is 26.7. The molecule has 6 heteroatoms. The quantitative estimate of drug-likeness (QED) is 0.850. The van der Waals surface area contributed by atoms with Crippen molar-refractivity contribution in [3.05, 3.63) is 57.6 Å². The number of anilines is 2. The minimum Gasteiger partial charge on any atom is -0.324 e. The lowest BCUT2D eigenvalue weighted by Crippen LogP contribution is -2.28. The fourth-order valence-corrected chi connectivity index (χ4v) is 3.31. The van der Waals surface area contributed by atoms with E-state index in [9.17, 15) is 9.59 Å². The van der Waals surface area contributed by atoms with Crippen LogP contribution in [0.2, 0.25) is 10.0 Å². The van der Waals surface area contributed by atoms with Crippen LogP contribution in [0.25, 0.3) is 0 Å². The molecule has 1 aliphatic rings. The standard InChI is InChI=1S/C19H18Cl2N2O2/c1-11-4-3-5-17(12(11)2)23-10-13(8-18(23)24)19(25)22-16-9-14(20)6-7-15(16)21/h3-7,9,13H,8,10H2,1-2H3,(H,22,25)/t13-/m0/s1. The maximum atomic E-state index is 12.6. The van der Waals surface area contributed by atoms with E-state index in [0.717, 1.165) is 16.8 Å². The first-order valence-electron chi connectivity index (χ1n) is 7.99. The first kappa shape index (κ1) is 17.8. The topological polar surface area (TPSA) is 49.4 Å². The Labute approximate surface area is 156 Å². The molecule has 1 aliphatic heterocycles. The van der Waals surface area contributed by atoms with Gasteiger partial charge in [-0.15, -0.1) is 0 Å². The van der Waals surface area contributed by atoms with Gasteiger partial charge in [-0.3, -0.25) is 9.59 Å². The first-order valence-corrected chi connectivity index (χ1v) is 8.75. The van der Waals surface area contributed by atoms with E-state index in [1.165, 1.54) is 0 Å². The molecular weight excluding hydrogens is 359 g/mol. The Morgan fingerprint density at radius 1 is 1.20 bits per heavy atom. The van der Waals surface area contributed by atoms with Gasteiger partial charge in [0.15, 0.2) is 0 Å². The zero-order valence-corrected chi connectivity index (χ0v) is 15.5. The highest BCUT2D eigenvalue weighted by atomic mass is 35.5. The summed E-state index contributed by atoms with van der Waals surface area (Å²) in [5.41, 5.74) is 3.48. The van der Waals surface area contributed by atoms with Gasteiger partial charge in [-0.2, -0.15) is 0 Å². The van der Waals surface area contributed by atoms with Crippen molar-refractivity contribution in [2.45, 2.75) is 20.3 Å². The molecule has 25 heavy (non-hydrogen) atoms. The Bertz CT molecular complexity index is 851. The van der Waals surface area contributed by atoms with Gasteiger partial charge in [-0.05, 0) is 49.2 Å². The Hall–Kier alpha value is -2.04. The molecule has 0 radical (unpaired) electrons. The average Bonchev–Trinajstić information content (AvgIpc) is 2.95. The summed E-state index contributed by atoms with van der Waals surface area (Å²) < 4.78 is 0. The van der Waals surface area contributed by atoms with E-state index in [-0.39, 0.29) is 18.2 Å². The van der Waals surface area contributed by atoms with E-state index in [4.69, 9.17) is 23.2 Å². The summed E-state index contributed by atoms with van der Waals surface area (Å²) in [5.74, 6) is -0.709. The summed E-state index contributed by atoms with van der Waals surface area (Å²) in [6.45, 7) is 4.34. The molecular formula is C19H18Cl2N2O2. The van der Waals surface area contributed by atoms with Crippen LogP contribution >= 0.6 is 23.2 Å². The van der Waals surface area contributed by atoms with Gasteiger partial charge in [0.1, 0.15) is 0 Å². The Morgan fingerprint density at radius 2 is 1.96 bits per heavy atom. The second-order valence-corrected chi connectivity index (χ2v) is 7.08. The number of nitrogens with one attached hydrogen (secondary N) is 1. The van der Waals surface area contributed by atoms with Gasteiger partial charge in [-0.1, -0.05) is 35.3 Å². The van der Waals surface area contributed by atoms with Gasteiger partial charge in [0, 0.05) is 23.7 Å². The van der Waals surface area contributed by atoms with Gasteiger partial charge in [-0.25, -0.2) is 0 Å². The zero-order chi connectivity index (χ0) is 18.1. The molecule has 0 saturated carbocycles. The van der Waals surface area contributed by atoms with Crippen LogP contribution in [0.4, 0.5) is 11.4 Å². The third kappa shape index (κ3) is 3.65. The van der Waals surface area contributed by atoms with Crippen molar-refractivity contribution in [3.63, 3.8) is 0 Å². The maximum absolute atomic E-state index is 12.6. The molecule has 1 fully saturated rings. The van der Waals surface area contributed by atoms with Crippen LogP contribution in [-0.4, -0.2) is 18.4 Å². The lowest BCUT2D eigenvalue weighted by Gasteiger charge is -2.20. The molecule has 0 bridgehead atoms. The lowest BCUT2D eigenvalue weighted by atomic mass is 10.1. The third-order valence-electron chi connectivity index (χ3n) is 4.55. The molecule has 0 unspecified atom stereocenters. The van der Waals surface area contributed by atoms with E-state index in [0.29, 0.717) is 22.3 Å². The fourth-order valence-electron chi connectivity index (χ4n) is 2.97. The molecule has 2 aromatic carbocycles. The summed E-state index contributed by atoms with van der Waals surface area (Å²) in [6.07, 6.45) is 0.178. The number of halogens is 2. The third-order valence-corrected chi connectivity index (χ3v) is 5.11. The van der Waals surface area contributed by atoms with Crippen molar-refractivity contribution in [3.8, 4) is 0 Å². The normalized spacial score (nSPS) is 17.0. The van der Waals surface area contributed by atoms with Crippen LogP contribution in [0.1, 0.15) is 17.5 Å². The average molecular weight is 377 g/mol. The molecule has 2 aromatic rings. The highest BCUT2D eigenvalue weighted by molar-refractivity contribution is 6.35. The number of aryl methyl sites for hydroxylation is 1. The number of hydrogen-bond donors (Lipinski definition) is 1. The van der Waals surface area contributed by atoms with Crippen LogP contribution in [0.15, 0.2) is 36.4 Å². The number of carbonyl (C=O) groups excluding carboxylic acids is 2. The molecule has 2 amide bonds. The van der Waals surface area contributed by atoms with E-state index in [1.807, 2.05) is 32.0 Å². The highest BCUT2D eigenvalue weighted by Gasteiger charge is 2.36. The minimum atomic E-state index is -0.428. The van der Waals surface area contributed by atoms with Crippen molar-refractivity contribution in [1.29, 1.82) is 0 Å². The second-order valence-electron chi connectivity index (χ2n) is 6.24. The van der Waals surface area contributed by atoms with E-state index in [1.54, 1.807) is 23.1 Å². The zero-order valence-electron chi connectivity index (χ0n) is 14.0. The molecule has 130 valence electrons. The van der Waals surface area contributed by atoms with Gasteiger partial charge >= 0.3 is 0 Å². The van der Waals surface area contributed by atoms with Crippen molar-refractivity contribution in [2.75, 3.05) is 16.8 Å². The number of amides is 2. The molecule has 4 nitrogen and oxygen atoms in total. The largest absolute Gasteiger partial charge is 0.324 e. The Balaban J connectivity index is 1.77. The van der Waals surface area contributed by atoms with Crippen LogP contribution in [-0.2, 0) is 9.59 Å². The lowest BCUT2D eigenvalue weighted by molar-refractivity contribution is -0.122. The van der Waals surface area contributed by atoms with Gasteiger partial charge in [0.2, 0.25) is 11.8 Å². The number of carbonyl (C=O) groups is 2. The second kappa shape index (κ2) is 7.06. The predicted molar refractivity (Wildman–Crippen MR) is 101 cm³/mol. The molecule has 0 aromatic heterocycles. The molecule has 0 aliphatic carbocycles. The number of nitrogens with zero attached hydrogens (tertiary/aromatic N) is 1. The number of hydrogen-bond acceptors (Lipinski definition) is 2. The van der Waals surface area contributed by atoms with E-state index >= 15 is 0 Å². The van der Waals surface area contributed by atoms with Crippen LogP contribution in [0.3, 0.4) is 0 Å². The van der Waals surface area contributed by atoms with Crippen LogP contribution in [0.5, 0.6) is 0 Å². The van der Waals surface area contributed by atoms with Crippen LogP contribution < -0.4 is 10.2 Å². The Kier molecular flexibility index (Phi) is 5.02. The molecule has 1 N–H and O–H groups in total. The van der Waals surface area contributed by atoms with Crippen molar-refractivity contribution >= 4 is 46.4 Å². The van der Waals surface area contributed by atoms with Gasteiger partial charge in [0.25, 0.3) is 0 Å². The summed E-state index contributed by atoms with van der Waals surface area (Å²) >= 11 is 12.0. The van der Waals surface area contributed by atoms with Crippen molar-refractivity contribution in [1.82, 2.24) is 0 Å². The monoisotopic (exact) mass is 376 g/mol. The van der Waals surface area contributed by atoms with Crippen molar-refractivity contribution in [2.24, 2.45) is 5.92 Å². The summed E-state index contributed by atoms with van der Waals surface area (Å²) in [7, 11) is 0. The number of rotatable bonds is 3. The van der Waals surface area contributed by atoms with Gasteiger partial charge in [0.05, 0.1) is 16.6 Å². The van der Waals surface area contributed by atoms with E-state index < -0.39 is 5.92 Å². The van der Waals surface area contributed by atoms with E-state index in [2.05, 4.69) is 5.32 Å². The summed E-state index contributed by atoms with van der Waals surface area (Å²) in [6, 6.07) is 10.7. The SMILES string of the molecule is Cc1cccc(N2C[C@@H](C(=O)Nc3cc(Cl)ccc3Cl)CC2=O)c1C. The van der Waals surface area contributed by atoms with Gasteiger partial charge < -0.3 is 10.2 Å². The molecule has 1 atom stereocenters. The minimum absolute atomic E-state index is 0.0500. The molecule has 3 rings (SSSR count). The van der Waals surface area contributed by atoms with Crippen molar-refractivity contribution < 1.29 is 9.59 Å². The highest BCUT2D eigenvalue weighted by Crippen LogP contribution is 2.31. The maximum Gasteiger partial charge on any atom is 0.229 e. The predicted octanol–water partition coefficient (Wildman–Crippen LogP) is 4.60. The molecule has 0 spiro atoms. The Morgan fingerprint density at radius 3 is 2.72 bits per heavy atom. The molecule has 1 saturated heterocycles. The molecule has 1 heterocycles. The smallest absolute Gasteiger partial charge is 0.229 e.